The van der Waals surface area contributed by atoms with Crippen molar-refractivity contribution >= 4 is 17.1 Å². The maximum absolute atomic E-state index is 2.47. The molecule has 0 unspecified atom stereocenters. The van der Waals surface area contributed by atoms with Gasteiger partial charge in [-0.2, -0.15) is 0 Å². The number of fused-ring (bicyclic) bond motifs is 6. The second-order valence-corrected chi connectivity index (χ2v) is 18.0. The van der Waals surface area contributed by atoms with Gasteiger partial charge in [-0.25, -0.2) is 0 Å². The fraction of sp³-hybridized carbons (Fsp3) is 0.0625. The van der Waals surface area contributed by atoms with E-state index in [1.165, 1.54) is 89.0 Å². The van der Waals surface area contributed by atoms with Gasteiger partial charge in [0, 0.05) is 22.5 Å². The van der Waals surface area contributed by atoms with Gasteiger partial charge in [0.1, 0.15) is 0 Å². The lowest BCUT2D eigenvalue weighted by Gasteiger charge is -2.34. The molecule has 0 saturated heterocycles. The van der Waals surface area contributed by atoms with Crippen LogP contribution in [0.1, 0.15) is 47.2 Å². The fourth-order valence-corrected chi connectivity index (χ4v) is 11.2. The molecule has 308 valence electrons. The molecule has 12 rings (SSSR count). The van der Waals surface area contributed by atoms with Gasteiger partial charge < -0.3 is 4.90 Å². The molecule has 0 aliphatic heterocycles. The van der Waals surface area contributed by atoms with Gasteiger partial charge in [0.2, 0.25) is 0 Å². The molecule has 65 heavy (non-hydrogen) atoms. The Morgan fingerprint density at radius 3 is 1.28 bits per heavy atom. The highest BCUT2D eigenvalue weighted by Gasteiger charge is 2.46. The van der Waals surface area contributed by atoms with Gasteiger partial charge >= 0.3 is 0 Å². The van der Waals surface area contributed by atoms with E-state index in [-0.39, 0.29) is 5.41 Å². The molecule has 0 N–H and O–H groups in total. The first-order valence-corrected chi connectivity index (χ1v) is 22.8. The van der Waals surface area contributed by atoms with Gasteiger partial charge in [-0.3, -0.25) is 0 Å². The largest absolute Gasteiger partial charge is 0.310 e. The molecule has 0 fully saturated rings. The first kappa shape index (κ1) is 38.7. The van der Waals surface area contributed by atoms with E-state index >= 15 is 0 Å². The van der Waals surface area contributed by atoms with Crippen molar-refractivity contribution in [2.75, 3.05) is 4.90 Å². The molecule has 1 heteroatoms. The predicted molar refractivity (Wildman–Crippen MR) is 272 cm³/mol. The molecule has 2 aliphatic carbocycles. The zero-order chi connectivity index (χ0) is 43.5. The standard InChI is InChI=1S/C64H47N/c1-63(2)59-32-18-16-30-55(59)57-41-39-50(43-61(57)63)65(48-24-10-5-11-25-48)49-37-34-44(35-38-49)51-26-12-14-28-53(51)54-29-15-13-27-52(54)45-36-40-58-56-31-17-19-33-60(56)64(62(58)42-45,46-20-6-3-7-21-46)47-22-8-4-9-23-47/h3-43H,1-2H3. The summed E-state index contributed by atoms with van der Waals surface area (Å²) < 4.78 is 0. The Hall–Kier alpha value is -8.00. The summed E-state index contributed by atoms with van der Waals surface area (Å²) >= 11 is 0. The zero-order valence-electron chi connectivity index (χ0n) is 36.6. The van der Waals surface area contributed by atoms with Crippen LogP contribution in [0.15, 0.2) is 249 Å². The van der Waals surface area contributed by atoms with Crippen LogP contribution in [0.25, 0.3) is 55.6 Å². The topological polar surface area (TPSA) is 3.24 Å². The minimum Gasteiger partial charge on any atom is -0.310 e. The predicted octanol–water partition coefficient (Wildman–Crippen LogP) is 16.8. The van der Waals surface area contributed by atoms with Crippen LogP contribution in [0, 0.1) is 0 Å². The van der Waals surface area contributed by atoms with Crippen LogP contribution >= 0.6 is 0 Å². The average Bonchev–Trinajstić information content (AvgIpc) is 3.80. The zero-order valence-corrected chi connectivity index (χ0v) is 36.6. The van der Waals surface area contributed by atoms with Crippen molar-refractivity contribution in [1.82, 2.24) is 0 Å². The van der Waals surface area contributed by atoms with E-state index in [0.717, 1.165) is 17.1 Å². The molecular formula is C64H47N. The molecule has 10 aromatic rings. The number of para-hydroxylation sites is 1. The van der Waals surface area contributed by atoms with Crippen molar-refractivity contribution in [3.8, 4) is 55.6 Å². The monoisotopic (exact) mass is 829 g/mol. The Bertz CT molecular complexity index is 3340. The third kappa shape index (κ3) is 6.07. The molecule has 0 atom stereocenters. The minimum atomic E-state index is -0.465. The molecule has 0 amide bonds. The van der Waals surface area contributed by atoms with E-state index < -0.39 is 5.41 Å². The lowest BCUT2D eigenvalue weighted by molar-refractivity contribution is 0.660. The average molecular weight is 830 g/mol. The summed E-state index contributed by atoms with van der Waals surface area (Å²) in [5.74, 6) is 0. The maximum atomic E-state index is 2.47. The highest BCUT2D eigenvalue weighted by molar-refractivity contribution is 5.95. The van der Waals surface area contributed by atoms with Crippen LogP contribution in [0.3, 0.4) is 0 Å². The Labute approximate surface area is 382 Å². The molecule has 0 bridgehead atoms. The number of nitrogens with zero attached hydrogens (tertiary/aromatic N) is 1. The molecule has 10 aromatic carbocycles. The van der Waals surface area contributed by atoms with Crippen LogP contribution in [0.5, 0.6) is 0 Å². The maximum Gasteiger partial charge on any atom is 0.0713 e. The van der Waals surface area contributed by atoms with Crippen molar-refractivity contribution in [3.63, 3.8) is 0 Å². The van der Waals surface area contributed by atoms with Gasteiger partial charge in [-0.15, -0.1) is 0 Å². The number of benzene rings is 10. The van der Waals surface area contributed by atoms with E-state index in [1.54, 1.807) is 0 Å². The van der Waals surface area contributed by atoms with Gasteiger partial charge in [0.15, 0.2) is 0 Å². The summed E-state index contributed by atoms with van der Waals surface area (Å²) in [4.78, 5) is 2.39. The minimum absolute atomic E-state index is 0.0914. The highest BCUT2D eigenvalue weighted by Crippen LogP contribution is 2.57. The Kier molecular flexibility index (Phi) is 9.14. The van der Waals surface area contributed by atoms with Crippen LogP contribution in [-0.4, -0.2) is 0 Å². The molecule has 2 aliphatic rings. The number of hydrogen-bond donors (Lipinski definition) is 0. The Balaban J connectivity index is 0.956. The van der Waals surface area contributed by atoms with Crippen molar-refractivity contribution in [3.05, 3.63) is 282 Å². The van der Waals surface area contributed by atoms with Crippen molar-refractivity contribution in [2.45, 2.75) is 24.7 Å². The van der Waals surface area contributed by atoms with Crippen molar-refractivity contribution < 1.29 is 0 Å². The van der Waals surface area contributed by atoms with Crippen molar-refractivity contribution in [1.29, 1.82) is 0 Å². The molecule has 0 aromatic heterocycles. The summed E-state index contributed by atoms with van der Waals surface area (Å²) in [5.41, 5.74) is 23.2. The van der Waals surface area contributed by atoms with E-state index in [0.29, 0.717) is 0 Å². The third-order valence-corrected chi connectivity index (χ3v) is 14.2. The van der Waals surface area contributed by atoms with Gasteiger partial charge in [-0.05, 0) is 131 Å². The highest BCUT2D eigenvalue weighted by atomic mass is 15.1. The second kappa shape index (κ2) is 15.4. The number of rotatable bonds is 8. The normalized spacial score (nSPS) is 13.6. The van der Waals surface area contributed by atoms with Crippen LogP contribution in [0.4, 0.5) is 17.1 Å². The van der Waals surface area contributed by atoms with Gasteiger partial charge in [0.05, 0.1) is 5.41 Å². The van der Waals surface area contributed by atoms with Gasteiger partial charge in [0.25, 0.3) is 0 Å². The van der Waals surface area contributed by atoms with E-state index in [4.69, 9.17) is 0 Å². The Morgan fingerprint density at radius 2 is 0.662 bits per heavy atom. The lowest BCUT2D eigenvalue weighted by atomic mass is 9.67. The van der Waals surface area contributed by atoms with E-state index in [9.17, 15) is 0 Å². The molecular weight excluding hydrogens is 783 g/mol. The van der Waals surface area contributed by atoms with Crippen LogP contribution < -0.4 is 4.90 Å². The molecule has 0 saturated carbocycles. The molecule has 1 nitrogen and oxygen atoms in total. The molecule has 0 radical (unpaired) electrons. The molecule has 0 spiro atoms. The smallest absolute Gasteiger partial charge is 0.0713 e. The first-order chi connectivity index (χ1) is 32.0. The summed E-state index contributed by atoms with van der Waals surface area (Å²) in [6, 6.07) is 91.9. The lowest BCUT2D eigenvalue weighted by Crippen LogP contribution is -2.28. The SMILES string of the molecule is CC1(C)c2ccccc2-c2ccc(N(c3ccccc3)c3ccc(-c4ccccc4-c4ccccc4-c4ccc5c(c4)C(c4ccccc4)(c4ccccc4)c4ccccc4-5)cc3)cc21. The number of anilines is 3. The summed E-state index contributed by atoms with van der Waals surface area (Å²) in [7, 11) is 0. The summed E-state index contributed by atoms with van der Waals surface area (Å²) in [6.45, 7) is 4.70. The second-order valence-electron chi connectivity index (χ2n) is 18.0. The summed E-state index contributed by atoms with van der Waals surface area (Å²) in [6.07, 6.45) is 0. The quantitative estimate of drug-likeness (QED) is 0.147. The fourth-order valence-electron chi connectivity index (χ4n) is 11.2. The van der Waals surface area contributed by atoms with Gasteiger partial charge in [-0.1, -0.05) is 220 Å². The van der Waals surface area contributed by atoms with Crippen LogP contribution in [0.2, 0.25) is 0 Å². The van der Waals surface area contributed by atoms with Crippen molar-refractivity contribution in [2.24, 2.45) is 0 Å². The molecule has 0 heterocycles. The Morgan fingerprint density at radius 1 is 0.262 bits per heavy atom. The third-order valence-electron chi connectivity index (χ3n) is 14.2. The number of hydrogen-bond acceptors (Lipinski definition) is 1. The summed E-state index contributed by atoms with van der Waals surface area (Å²) in [5, 5.41) is 0. The first-order valence-electron chi connectivity index (χ1n) is 22.8. The van der Waals surface area contributed by atoms with Crippen LogP contribution in [-0.2, 0) is 10.8 Å². The van der Waals surface area contributed by atoms with E-state index in [1.807, 2.05) is 0 Å². The van der Waals surface area contributed by atoms with E-state index in [2.05, 4.69) is 267 Å².